The first kappa shape index (κ1) is 19.8. The fourth-order valence-corrected chi connectivity index (χ4v) is 5.15. The van der Waals surface area contributed by atoms with Crippen LogP contribution >= 0.6 is 11.8 Å². The summed E-state index contributed by atoms with van der Waals surface area (Å²) in [6.45, 7) is 3.23. The van der Waals surface area contributed by atoms with Crippen LogP contribution in [0.2, 0.25) is 0 Å². The highest BCUT2D eigenvalue weighted by Crippen LogP contribution is 2.41. The van der Waals surface area contributed by atoms with Crippen molar-refractivity contribution in [2.75, 3.05) is 12.4 Å². The van der Waals surface area contributed by atoms with E-state index in [2.05, 4.69) is 12.2 Å². The highest BCUT2D eigenvalue weighted by Gasteiger charge is 2.43. The van der Waals surface area contributed by atoms with Crippen molar-refractivity contribution in [1.29, 1.82) is 0 Å². The topological polar surface area (TPSA) is 88.8 Å². The first-order chi connectivity index (χ1) is 13.0. The van der Waals surface area contributed by atoms with E-state index < -0.39 is 12.0 Å². The van der Waals surface area contributed by atoms with E-state index in [0.717, 1.165) is 19.3 Å². The molecule has 1 aliphatic carbocycles. The predicted octanol–water partition coefficient (Wildman–Crippen LogP) is 2.48. The molecule has 2 heterocycles. The summed E-state index contributed by atoms with van der Waals surface area (Å²) < 4.78 is 10.6. The number of esters is 1. The zero-order valence-corrected chi connectivity index (χ0v) is 16.5. The van der Waals surface area contributed by atoms with Gasteiger partial charge in [0, 0.05) is 18.7 Å². The van der Waals surface area contributed by atoms with Gasteiger partial charge in [-0.25, -0.2) is 4.79 Å². The Morgan fingerprint density at radius 2 is 2.11 bits per heavy atom. The zero-order valence-electron chi connectivity index (χ0n) is 15.7. The van der Waals surface area contributed by atoms with Gasteiger partial charge >= 0.3 is 5.97 Å². The molecule has 4 atom stereocenters. The summed E-state index contributed by atoms with van der Waals surface area (Å²) in [6, 6.07) is 2.95. The lowest BCUT2D eigenvalue weighted by molar-refractivity contribution is -0.156. The molecule has 1 aliphatic heterocycles. The Balaban J connectivity index is 1.54. The molecule has 0 unspecified atom stereocenters. The maximum atomic E-state index is 12.5. The van der Waals surface area contributed by atoms with Crippen LogP contribution in [0.15, 0.2) is 22.8 Å². The van der Waals surface area contributed by atoms with Gasteiger partial charge in [-0.1, -0.05) is 19.8 Å². The van der Waals surface area contributed by atoms with Crippen LogP contribution in [0.25, 0.3) is 0 Å². The Labute approximate surface area is 163 Å². The van der Waals surface area contributed by atoms with Gasteiger partial charge in [-0.3, -0.25) is 9.59 Å². The van der Waals surface area contributed by atoms with Crippen LogP contribution in [-0.2, 0) is 19.1 Å². The third kappa shape index (κ3) is 4.66. The molecule has 1 N–H and O–H groups in total. The lowest BCUT2D eigenvalue weighted by atomic mass is 9.86. The number of thioether (sulfide) groups is 1. The minimum absolute atomic E-state index is 0.143. The largest absolute Gasteiger partial charge is 0.466 e. The maximum Gasteiger partial charge on any atom is 0.330 e. The van der Waals surface area contributed by atoms with Gasteiger partial charge in [0.05, 0.1) is 6.26 Å². The molecule has 2 amide bonds. The van der Waals surface area contributed by atoms with Crippen molar-refractivity contribution in [1.82, 2.24) is 10.2 Å². The molecular weight excluding hydrogens is 368 g/mol. The van der Waals surface area contributed by atoms with Crippen LogP contribution < -0.4 is 5.32 Å². The molecule has 0 radical (unpaired) electrons. The number of nitrogens with one attached hydrogen (secondary N) is 1. The molecule has 2 fully saturated rings. The second-order valence-electron chi connectivity index (χ2n) is 7.19. The number of nitrogens with zero attached hydrogens (tertiary/aromatic N) is 1. The van der Waals surface area contributed by atoms with E-state index in [0.29, 0.717) is 17.4 Å². The number of rotatable bonds is 5. The molecule has 27 heavy (non-hydrogen) atoms. The number of carbonyl (C=O) groups is 3. The summed E-state index contributed by atoms with van der Waals surface area (Å²) in [5, 5.41) is 2.61. The monoisotopic (exact) mass is 394 g/mol. The van der Waals surface area contributed by atoms with Gasteiger partial charge in [-0.2, -0.15) is 0 Å². The number of amides is 2. The van der Waals surface area contributed by atoms with Crippen molar-refractivity contribution in [3.8, 4) is 0 Å². The van der Waals surface area contributed by atoms with Gasteiger partial charge in [0.1, 0.15) is 17.2 Å². The van der Waals surface area contributed by atoms with E-state index in [4.69, 9.17) is 9.15 Å². The van der Waals surface area contributed by atoms with E-state index in [9.17, 15) is 14.4 Å². The molecule has 3 rings (SSSR count). The smallest absolute Gasteiger partial charge is 0.330 e. The van der Waals surface area contributed by atoms with Crippen LogP contribution in [0, 0.1) is 5.92 Å². The van der Waals surface area contributed by atoms with Gasteiger partial charge in [0.25, 0.3) is 5.91 Å². The average Bonchev–Trinajstić information content (AvgIpc) is 3.30. The standard InChI is InChI=1S/C19H26N2O5S/c1-12-6-3-4-7-14(12)20-17(23)10-26-19(24)15-11-27-18(21(15)13(2)22)16-8-5-9-25-16/h5,8-9,12,14-15,18H,3-4,6-7,10-11H2,1-2H3,(H,20,23)/t12-,14-,15-,18+/m0/s1. The van der Waals surface area contributed by atoms with Gasteiger partial charge < -0.3 is 19.4 Å². The first-order valence-electron chi connectivity index (χ1n) is 9.37. The minimum atomic E-state index is -0.719. The molecule has 1 saturated carbocycles. The Bertz CT molecular complexity index is 678. The second kappa shape index (κ2) is 8.82. The first-order valence-corrected chi connectivity index (χ1v) is 10.4. The minimum Gasteiger partial charge on any atom is -0.466 e. The van der Waals surface area contributed by atoms with Gasteiger partial charge in [-0.05, 0) is 30.9 Å². The number of ether oxygens (including phenoxy) is 1. The third-order valence-electron chi connectivity index (χ3n) is 5.23. The normalized spacial score (nSPS) is 28.0. The second-order valence-corrected chi connectivity index (χ2v) is 8.30. The van der Waals surface area contributed by atoms with Crippen LogP contribution in [-0.4, -0.2) is 47.1 Å². The molecular formula is C19H26N2O5S. The average molecular weight is 394 g/mol. The maximum absolute atomic E-state index is 12.5. The van der Waals surface area contributed by atoms with Gasteiger partial charge in [-0.15, -0.1) is 11.8 Å². The molecule has 7 nitrogen and oxygen atoms in total. The fourth-order valence-electron chi connectivity index (χ4n) is 3.74. The number of hydrogen-bond donors (Lipinski definition) is 1. The molecule has 0 spiro atoms. The number of hydrogen-bond acceptors (Lipinski definition) is 6. The van der Waals surface area contributed by atoms with Crippen molar-refractivity contribution in [3.05, 3.63) is 24.2 Å². The summed E-state index contributed by atoms with van der Waals surface area (Å²) in [5.74, 6) is 0.388. The van der Waals surface area contributed by atoms with Crippen molar-refractivity contribution >= 4 is 29.5 Å². The third-order valence-corrected chi connectivity index (χ3v) is 6.51. The Kier molecular flexibility index (Phi) is 6.46. The molecule has 148 valence electrons. The SMILES string of the molecule is CC(=O)N1[C@@H](c2ccco2)SC[C@H]1C(=O)OCC(=O)N[C@H]1CCCC[C@@H]1C. The summed E-state index contributed by atoms with van der Waals surface area (Å²) in [5.41, 5.74) is 0. The van der Waals surface area contributed by atoms with Gasteiger partial charge in [0.15, 0.2) is 6.61 Å². The van der Waals surface area contributed by atoms with Crippen LogP contribution in [0.4, 0.5) is 0 Å². The van der Waals surface area contributed by atoms with Crippen molar-refractivity contribution in [2.24, 2.45) is 5.92 Å². The Hall–Kier alpha value is -1.96. The summed E-state index contributed by atoms with van der Waals surface area (Å²) >= 11 is 1.45. The van der Waals surface area contributed by atoms with Crippen molar-refractivity contribution < 1.29 is 23.5 Å². The lowest BCUT2D eigenvalue weighted by Gasteiger charge is -2.29. The van der Waals surface area contributed by atoms with E-state index in [1.165, 1.54) is 36.3 Å². The Morgan fingerprint density at radius 1 is 1.33 bits per heavy atom. The molecule has 1 aromatic rings. The molecule has 2 aliphatic rings. The van der Waals surface area contributed by atoms with E-state index in [-0.39, 0.29) is 29.8 Å². The van der Waals surface area contributed by atoms with E-state index in [1.54, 1.807) is 12.1 Å². The molecule has 8 heteroatoms. The predicted molar refractivity (Wildman–Crippen MR) is 101 cm³/mol. The highest BCUT2D eigenvalue weighted by atomic mass is 32.2. The fraction of sp³-hybridized carbons (Fsp3) is 0.632. The molecule has 1 aromatic heterocycles. The molecule has 1 saturated heterocycles. The van der Waals surface area contributed by atoms with Gasteiger partial charge in [0.2, 0.25) is 5.91 Å². The summed E-state index contributed by atoms with van der Waals surface area (Å²) in [4.78, 5) is 38.2. The number of furan rings is 1. The molecule has 0 aromatic carbocycles. The summed E-state index contributed by atoms with van der Waals surface area (Å²) in [7, 11) is 0. The van der Waals surface area contributed by atoms with E-state index >= 15 is 0 Å². The number of carbonyl (C=O) groups excluding carboxylic acids is 3. The van der Waals surface area contributed by atoms with Crippen LogP contribution in [0.3, 0.4) is 0 Å². The Morgan fingerprint density at radius 3 is 2.78 bits per heavy atom. The van der Waals surface area contributed by atoms with E-state index in [1.807, 2.05) is 0 Å². The van der Waals surface area contributed by atoms with Crippen molar-refractivity contribution in [3.63, 3.8) is 0 Å². The van der Waals surface area contributed by atoms with Crippen molar-refractivity contribution in [2.45, 2.75) is 57.0 Å². The summed E-state index contributed by atoms with van der Waals surface area (Å²) in [6.07, 6.45) is 5.90. The van der Waals surface area contributed by atoms with Crippen LogP contribution in [0.1, 0.15) is 50.7 Å². The zero-order chi connectivity index (χ0) is 19.4. The lowest BCUT2D eigenvalue weighted by Crippen LogP contribution is -2.45. The van der Waals surface area contributed by atoms with Crippen LogP contribution in [0.5, 0.6) is 0 Å². The quantitative estimate of drug-likeness (QED) is 0.772. The molecule has 0 bridgehead atoms. The highest BCUT2D eigenvalue weighted by molar-refractivity contribution is 7.99.